The maximum absolute atomic E-state index is 10.9. The van der Waals surface area contributed by atoms with E-state index in [9.17, 15) is 5.11 Å². The molecular formula is C13H25NO2. The van der Waals surface area contributed by atoms with Gasteiger partial charge in [-0.15, -0.1) is 0 Å². The smallest absolute Gasteiger partial charge is 0.0849 e. The number of nitrogens with two attached hydrogens (primary N) is 1. The number of ether oxygens (including phenoxy) is 1. The molecule has 0 bridgehead atoms. The van der Waals surface area contributed by atoms with Gasteiger partial charge >= 0.3 is 0 Å². The Morgan fingerprint density at radius 1 is 0.812 bits per heavy atom. The fourth-order valence-electron chi connectivity index (χ4n) is 3.26. The second-order valence-electron chi connectivity index (χ2n) is 5.57. The topological polar surface area (TPSA) is 55.5 Å². The highest BCUT2D eigenvalue weighted by molar-refractivity contribution is 5.04. The monoisotopic (exact) mass is 227 g/mol. The lowest BCUT2D eigenvalue weighted by atomic mass is 9.71. The van der Waals surface area contributed by atoms with Gasteiger partial charge in [-0.05, 0) is 25.7 Å². The number of hydrogen-bond acceptors (Lipinski definition) is 3. The summed E-state index contributed by atoms with van der Waals surface area (Å²) < 4.78 is 5.44. The van der Waals surface area contributed by atoms with E-state index in [4.69, 9.17) is 10.5 Å². The van der Waals surface area contributed by atoms with E-state index in [2.05, 4.69) is 0 Å². The first kappa shape index (κ1) is 12.3. The van der Waals surface area contributed by atoms with E-state index in [-0.39, 0.29) is 5.54 Å². The van der Waals surface area contributed by atoms with Crippen LogP contribution in [0.1, 0.15) is 57.8 Å². The minimum Gasteiger partial charge on any atom is -0.388 e. The zero-order valence-corrected chi connectivity index (χ0v) is 10.2. The van der Waals surface area contributed by atoms with Gasteiger partial charge in [0.2, 0.25) is 0 Å². The van der Waals surface area contributed by atoms with Gasteiger partial charge in [0.15, 0.2) is 0 Å². The van der Waals surface area contributed by atoms with Gasteiger partial charge in [-0.3, -0.25) is 0 Å². The molecule has 1 heterocycles. The van der Waals surface area contributed by atoms with Gasteiger partial charge in [-0.1, -0.05) is 25.7 Å². The highest BCUT2D eigenvalue weighted by Gasteiger charge is 2.46. The summed E-state index contributed by atoms with van der Waals surface area (Å²) in [6.07, 6.45) is 9.28. The van der Waals surface area contributed by atoms with Crippen LogP contribution in [-0.4, -0.2) is 29.5 Å². The number of aliphatic hydroxyl groups is 1. The third kappa shape index (κ3) is 2.41. The standard InChI is InChI=1S/C13H25NO2/c14-12(6-3-1-2-4-7-12)13(15)8-5-10-16-11-9-13/h15H,1-11,14H2. The summed E-state index contributed by atoms with van der Waals surface area (Å²) in [5.41, 5.74) is 5.48. The van der Waals surface area contributed by atoms with Gasteiger partial charge in [0, 0.05) is 25.2 Å². The normalized spacial score (nSPS) is 36.4. The van der Waals surface area contributed by atoms with E-state index in [1.54, 1.807) is 0 Å². The van der Waals surface area contributed by atoms with E-state index in [0.29, 0.717) is 13.0 Å². The highest BCUT2D eigenvalue weighted by Crippen LogP contribution is 2.39. The summed E-state index contributed by atoms with van der Waals surface area (Å²) in [6.45, 7) is 1.44. The average molecular weight is 227 g/mol. The van der Waals surface area contributed by atoms with Crippen molar-refractivity contribution in [2.45, 2.75) is 68.9 Å². The quantitative estimate of drug-likeness (QED) is 0.673. The first-order valence-electron chi connectivity index (χ1n) is 6.75. The third-order valence-corrected chi connectivity index (χ3v) is 4.46. The molecule has 1 saturated heterocycles. The molecule has 0 aromatic carbocycles. The van der Waals surface area contributed by atoms with Gasteiger partial charge < -0.3 is 15.6 Å². The molecule has 94 valence electrons. The summed E-state index contributed by atoms with van der Waals surface area (Å²) in [4.78, 5) is 0. The molecule has 3 N–H and O–H groups in total. The lowest BCUT2D eigenvalue weighted by Gasteiger charge is -2.44. The van der Waals surface area contributed by atoms with Crippen LogP contribution in [0, 0.1) is 0 Å². The highest BCUT2D eigenvalue weighted by atomic mass is 16.5. The number of rotatable bonds is 1. The Morgan fingerprint density at radius 3 is 2.19 bits per heavy atom. The maximum atomic E-state index is 10.9. The molecule has 1 saturated carbocycles. The molecule has 1 aliphatic heterocycles. The van der Waals surface area contributed by atoms with E-state index in [0.717, 1.165) is 32.3 Å². The van der Waals surface area contributed by atoms with Crippen LogP contribution in [0.3, 0.4) is 0 Å². The SMILES string of the molecule is NC1(C2(O)CCCOCC2)CCCCCC1. The molecule has 2 rings (SSSR count). The first-order chi connectivity index (χ1) is 7.66. The van der Waals surface area contributed by atoms with Crippen molar-refractivity contribution in [3.63, 3.8) is 0 Å². The molecule has 0 spiro atoms. The van der Waals surface area contributed by atoms with E-state index in [1.807, 2.05) is 0 Å². The Hall–Kier alpha value is -0.120. The van der Waals surface area contributed by atoms with Crippen LogP contribution in [0.25, 0.3) is 0 Å². The zero-order chi connectivity index (χ0) is 11.5. The second kappa shape index (κ2) is 5.03. The summed E-state index contributed by atoms with van der Waals surface area (Å²) in [7, 11) is 0. The minimum absolute atomic E-state index is 0.364. The van der Waals surface area contributed by atoms with Crippen LogP contribution in [0.5, 0.6) is 0 Å². The molecule has 2 fully saturated rings. The van der Waals surface area contributed by atoms with Gasteiger partial charge in [0.05, 0.1) is 5.60 Å². The zero-order valence-electron chi connectivity index (χ0n) is 10.2. The summed E-state index contributed by atoms with van der Waals surface area (Å²) in [6, 6.07) is 0. The summed E-state index contributed by atoms with van der Waals surface area (Å²) in [5.74, 6) is 0. The predicted molar refractivity (Wildman–Crippen MR) is 64.2 cm³/mol. The van der Waals surface area contributed by atoms with Crippen LogP contribution in [-0.2, 0) is 4.74 Å². The molecule has 2 aliphatic rings. The average Bonchev–Trinajstić information content (AvgIpc) is 2.61. The van der Waals surface area contributed by atoms with Crippen molar-refractivity contribution in [2.24, 2.45) is 5.73 Å². The fraction of sp³-hybridized carbons (Fsp3) is 1.00. The van der Waals surface area contributed by atoms with Gasteiger partial charge in [0.1, 0.15) is 0 Å². The van der Waals surface area contributed by atoms with Crippen LogP contribution < -0.4 is 5.73 Å². The van der Waals surface area contributed by atoms with E-state index < -0.39 is 5.60 Å². The van der Waals surface area contributed by atoms with Crippen molar-refractivity contribution in [2.75, 3.05) is 13.2 Å². The molecule has 0 radical (unpaired) electrons. The Morgan fingerprint density at radius 2 is 1.50 bits per heavy atom. The van der Waals surface area contributed by atoms with Crippen molar-refractivity contribution in [3.8, 4) is 0 Å². The Balaban J connectivity index is 2.11. The molecule has 1 atom stereocenters. The van der Waals surface area contributed by atoms with Crippen LogP contribution in [0.15, 0.2) is 0 Å². The minimum atomic E-state index is -0.687. The van der Waals surface area contributed by atoms with Gasteiger partial charge in [-0.25, -0.2) is 0 Å². The molecule has 0 aromatic rings. The van der Waals surface area contributed by atoms with Gasteiger partial charge in [-0.2, -0.15) is 0 Å². The van der Waals surface area contributed by atoms with Crippen molar-refractivity contribution in [1.29, 1.82) is 0 Å². The summed E-state index contributed by atoms with van der Waals surface area (Å²) in [5, 5.41) is 10.9. The third-order valence-electron chi connectivity index (χ3n) is 4.46. The molecule has 1 aliphatic carbocycles. The van der Waals surface area contributed by atoms with Crippen molar-refractivity contribution < 1.29 is 9.84 Å². The largest absolute Gasteiger partial charge is 0.388 e. The Kier molecular flexibility index (Phi) is 3.88. The van der Waals surface area contributed by atoms with Crippen molar-refractivity contribution >= 4 is 0 Å². The molecular weight excluding hydrogens is 202 g/mol. The van der Waals surface area contributed by atoms with Crippen LogP contribution in [0.4, 0.5) is 0 Å². The van der Waals surface area contributed by atoms with E-state index >= 15 is 0 Å². The maximum Gasteiger partial charge on any atom is 0.0849 e. The van der Waals surface area contributed by atoms with Gasteiger partial charge in [0.25, 0.3) is 0 Å². The second-order valence-corrected chi connectivity index (χ2v) is 5.57. The molecule has 0 amide bonds. The first-order valence-corrected chi connectivity index (χ1v) is 6.75. The molecule has 0 aromatic heterocycles. The Labute approximate surface area is 98.4 Å². The van der Waals surface area contributed by atoms with Crippen LogP contribution >= 0.6 is 0 Å². The molecule has 1 unspecified atom stereocenters. The lowest BCUT2D eigenvalue weighted by Crippen LogP contribution is -2.60. The lowest BCUT2D eigenvalue weighted by molar-refractivity contribution is -0.0576. The predicted octanol–water partition coefficient (Wildman–Crippen LogP) is 1.97. The summed E-state index contributed by atoms with van der Waals surface area (Å²) >= 11 is 0. The van der Waals surface area contributed by atoms with Crippen LogP contribution in [0.2, 0.25) is 0 Å². The molecule has 3 heteroatoms. The molecule has 3 nitrogen and oxygen atoms in total. The Bertz CT molecular complexity index is 190. The molecule has 16 heavy (non-hydrogen) atoms. The number of hydrogen-bond donors (Lipinski definition) is 2. The van der Waals surface area contributed by atoms with E-state index in [1.165, 1.54) is 25.7 Å². The van der Waals surface area contributed by atoms with Crippen molar-refractivity contribution in [3.05, 3.63) is 0 Å². The van der Waals surface area contributed by atoms with Crippen molar-refractivity contribution in [1.82, 2.24) is 0 Å². The fourth-order valence-corrected chi connectivity index (χ4v) is 3.26.